The van der Waals surface area contributed by atoms with E-state index in [9.17, 15) is 9.59 Å². The zero-order valence-corrected chi connectivity index (χ0v) is 13.5. The summed E-state index contributed by atoms with van der Waals surface area (Å²) >= 11 is 1.56. The molecule has 0 fully saturated rings. The summed E-state index contributed by atoms with van der Waals surface area (Å²) < 4.78 is 5.29. The van der Waals surface area contributed by atoms with Crippen molar-refractivity contribution in [2.75, 3.05) is 17.7 Å². The number of carbonyl (C=O) groups is 2. The summed E-state index contributed by atoms with van der Waals surface area (Å²) in [6, 6.07) is 6.94. The Morgan fingerprint density at radius 1 is 1.27 bits per heavy atom. The fraction of sp³-hybridized carbons (Fsp3) is 0.375. The number of hydrogen-bond acceptors (Lipinski definition) is 4. The molecule has 1 atom stereocenters. The predicted molar refractivity (Wildman–Crippen MR) is 88.8 cm³/mol. The number of rotatable bonds is 5. The number of benzene rings is 1. The Balaban J connectivity index is 1.95. The van der Waals surface area contributed by atoms with Gasteiger partial charge < -0.3 is 15.4 Å². The molecule has 0 aromatic heterocycles. The van der Waals surface area contributed by atoms with E-state index >= 15 is 0 Å². The molecule has 5 nitrogen and oxygen atoms in total. The Morgan fingerprint density at radius 3 is 2.59 bits per heavy atom. The first-order valence-electron chi connectivity index (χ1n) is 7.27. The van der Waals surface area contributed by atoms with Crippen molar-refractivity contribution >= 4 is 29.3 Å². The molecular formula is C16H20N2O3S. The van der Waals surface area contributed by atoms with Gasteiger partial charge in [-0.05, 0) is 37.6 Å². The van der Waals surface area contributed by atoms with Gasteiger partial charge in [-0.1, -0.05) is 6.92 Å². The van der Waals surface area contributed by atoms with Gasteiger partial charge in [-0.25, -0.2) is 0 Å². The molecule has 0 radical (unpaired) electrons. The monoisotopic (exact) mass is 320 g/mol. The summed E-state index contributed by atoms with van der Waals surface area (Å²) in [5, 5.41) is 7.37. The molecule has 1 aromatic carbocycles. The largest absolute Gasteiger partial charge is 0.487 e. The highest BCUT2D eigenvalue weighted by molar-refractivity contribution is 8.02. The van der Waals surface area contributed by atoms with E-state index in [0.717, 1.165) is 12.2 Å². The molecule has 118 valence electrons. The number of anilines is 1. The maximum absolute atomic E-state index is 12.0. The van der Waals surface area contributed by atoms with Crippen LogP contribution in [0.15, 0.2) is 35.4 Å². The normalized spacial score (nSPS) is 15.3. The molecule has 1 aliphatic rings. The minimum atomic E-state index is -0.274. The van der Waals surface area contributed by atoms with Crippen LogP contribution in [0.5, 0.6) is 0 Å². The maximum atomic E-state index is 12.0. The first-order valence-corrected chi connectivity index (χ1v) is 8.32. The number of amides is 2. The summed E-state index contributed by atoms with van der Waals surface area (Å²) in [6.45, 7) is 4.52. The van der Waals surface area contributed by atoms with E-state index in [1.165, 1.54) is 0 Å². The molecule has 2 N–H and O–H groups in total. The highest BCUT2D eigenvalue weighted by atomic mass is 32.2. The Labute approximate surface area is 134 Å². The van der Waals surface area contributed by atoms with Gasteiger partial charge in [0.05, 0.1) is 6.61 Å². The van der Waals surface area contributed by atoms with E-state index in [1.54, 1.807) is 41.4 Å². The van der Waals surface area contributed by atoms with Gasteiger partial charge in [-0.2, -0.15) is 0 Å². The summed E-state index contributed by atoms with van der Waals surface area (Å²) in [4.78, 5) is 23.9. The lowest BCUT2D eigenvalue weighted by atomic mass is 10.1. The predicted octanol–water partition coefficient (Wildman–Crippen LogP) is 2.76. The lowest BCUT2D eigenvalue weighted by Gasteiger charge is -2.14. The molecule has 0 saturated carbocycles. The molecule has 1 aromatic rings. The summed E-state index contributed by atoms with van der Waals surface area (Å²) in [5.41, 5.74) is 1.20. The van der Waals surface area contributed by atoms with Crippen LogP contribution in [0.1, 0.15) is 30.6 Å². The topological polar surface area (TPSA) is 67.4 Å². The number of thioether (sulfide) groups is 1. The van der Waals surface area contributed by atoms with Crippen LogP contribution in [-0.4, -0.2) is 30.2 Å². The number of nitrogens with one attached hydrogen (secondary N) is 2. The number of hydrogen-bond donors (Lipinski definition) is 2. The van der Waals surface area contributed by atoms with Crippen molar-refractivity contribution in [2.24, 2.45) is 0 Å². The van der Waals surface area contributed by atoms with Crippen molar-refractivity contribution in [2.45, 2.75) is 26.3 Å². The Bertz CT molecular complexity index is 569. The average Bonchev–Trinajstić information content (AvgIpc) is 2.56. The zero-order valence-electron chi connectivity index (χ0n) is 12.7. The summed E-state index contributed by atoms with van der Waals surface area (Å²) in [7, 11) is 0. The van der Waals surface area contributed by atoms with Gasteiger partial charge in [0, 0.05) is 28.5 Å². The standard InChI is InChI=1S/C16H20N2O3S/c1-3-11(2)17-15(19)12-4-6-13(7-5-12)18-16(20)14-10-22-9-8-21-14/h4-7,10-11H,3,8-9H2,1-2H3,(H,17,19)(H,18,20). The highest BCUT2D eigenvalue weighted by Gasteiger charge is 2.14. The third-order valence-corrected chi connectivity index (χ3v) is 4.05. The van der Waals surface area contributed by atoms with Gasteiger partial charge in [-0.15, -0.1) is 11.8 Å². The van der Waals surface area contributed by atoms with Crippen molar-refractivity contribution in [3.63, 3.8) is 0 Å². The molecule has 0 spiro atoms. The fourth-order valence-corrected chi connectivity index (χ4v) is 2.42. The molecule has 6 heteroatoms. The van der Waals surface area contributed by atoms with Crippen LogP contribution in [0.4, 0.5) is 5.69 Å². The van der Waals surface area contributed by atoms with Crippen molar-refractivity contribution in [3.8, 4) is 0 Å². The third kappa shape index (κ3) is 4.53. The van der Waals surface area contributed by atoms with Crippen LogP contribution < -0.4 is 10.6 Å². The molecule has 1 heterocycles. The first kappa shape index (κ1) is 16.4. The molecule has 1 unspecified atom stereocenters. The van der Waals surface area contributed by atoms with E-state index in [2.05, 4.69) is 10.6 Å². The summed E-state index contributed by atoms with van der Waals surface area (Å²) in [6.07, 6.45) is 0.882. The van der Waals surface area contributed by atoms with Crippen molar-refractivity contribution < 1.29 is 14.3 Å². The number of carbonyl (C=O) groups excluding carboxylic acids is 2. The van der Waals surface area contributed by atoms with Crippen LogP contribution >= 0.6 is 11.8 Å². The molecule has 2 amide bonds. The van der Waals surface area contributed by atoms with E-state index in [-0.39, 0.29) is 17.9 Å². The highest BCUT2D eigenvalue weighted by Crippen LogP contribution is 2.17. The van der Waals surface area contributed by atoms with Crippen LogP contribution in [0.3, 0.4) is 0 Å². The second-order valence-corrected chi connectivity index (χ2v) is 5.99. The average molecular weight is 320 g/mol. The zero-order chi connectivity index (χ0) is 15.9. The lowest BCUT2D eigenvalue weighted by Crippen LogP contribution is -2.31. The Morgan fingerprint density at radius 2 is 2.00 bits per heavy atom. The lowest BCUT2D eigenvalue weighted by molar-refractivity contribution is -0.116. The molecule has 0 bridgehead atoms. The molecule has 2 rings (SSSR count). The number of ether oxygens (including phenoxy) is 1. The SMILES string of the molecule is CCC(C)NC(=O)c1ccc(NC(=O)C2=CSCCO2)cc1. The van der Waals surface area contributed by atoms with Crippen LogP contribution in [0, 0.1) is 0 Å². The third-order valence-electron chi connectivity index (χ3n) is 3.27. The minimum absolute atomic E-state index is 0.109. The second-order valence-electron chi connectivity index (χ2n) is 5.02. The van der Waals surface area contributed by atoms with Crippen molar-refractivity contribution in [3.05, 3.63) is 41.0 Å². The molecule has 0 saturated heterocycles. The van der Waals surface area contributed by atoms with E-state index in [4.69, 9.17) is 4.74 Å². The van der Waals surface area contributed by atoms with Gasteiger partial charge in [0.25, 0.3) is 11.8 Å². The molecule has 0 aliphatic carbocycles. The Kier molecular flexibility index (Phi) is 5.89. The molecular weight excluding hydrogens is 300 g/mol. The van der Waals surface area contributed by atoms with Gasteiger partial charge in [0.15, 0.2) is 5.76 Å². The first-order chi connectivity index (χ1) is 10.6. The van der Waals surface area contributed by atoms with Gasteiger partial charge in [0.1, 0.15) is 0 Å². The van der Waals surface area contributed by atoms with E-state index in [1.807, 2.05) is 13.8 Å². The maximum Gasteiger partial charge on any atom is 0.291 e. The van der Waals surface area contributed by atoms with Crippen LogP contribution in [-0.2, 0) is 9.53 Å². The van der Waals surface area contributed by atoms with Crippen LogP contribution in [0.25, 0.3) is 0 Å². The van der Waals surface area contributed by atoms with E-state index in [0.29, 0.717) is 23.6 Å². The van der Waals surface area contributed by atoms with Gasteiger partial charge in [0.2, 0.25) is 0 Å². The molecule has 22 heavy (non-hydrogen) atoms. The Hall–Kier alpha value is -1.95. The fourth-order valence-electron chi connectivity index (χ4n) is 1.79. The minimum Gasteiger partial charge on any atom is -0.487 e. The quantitative estimate of drug-likeness (QED) is 0.875. The van der Waals surface area contributed by atoms with E-state index < -0.39 is 0 Å². The van der Waals surface area contributed by atoms with Crippen molar-refractivity contribution in [1.29, 1.82) is 0 Å². The summed E-state index contributed by atoms with van der Waals surface area (Å²) in [5.74, 6) is 0.803. The van der Waals surface area contributed by atoms with Gasteiger partial charge in [-0.3, -0.25) is 9.59 Å². The van der Waals surface area contributed by atoms with Crippen LogP contribution in [0.2, 0.25) is 0 Å². The second kappa shape index (κ2) is 7.89. The van der Waals surface area contributed by atoms with Crippen molar-refractivity contribution in [1.82, 2.24) is 5.32 Å². The van der Waals surface area contributed by atoms with Gasteiger partial charge >= 0.3 is 0 Å². The smallest absolute Gasteiger partial charge is 0.291 e. The molecule has 1 aliphatic heterocycles.